The van der Waals surface area contributed by atoms with E-state index in [1.54, 1.807) is 41.3 Å². The third-order valence-electron chi connectivity index (χ3n) is 7.05. The number of sulfonamides is 1. The van der Waals surface area contributed by atoms with Crippen molar-refractivity contribution in [2.45, 2.75) is 25.7 Å². The van der Waals surface area contributed by atoms with Crippen molar-refractivity contribution in [3.05, 3.63) is 89.5 Å². The van der Waals surface area contributed by atoms with E-state index in [0.717, 1.165) is 13.1 Å². The van der Waals surface area contributed by atoms with Gasteiger partial charge in [-0.1, -0.05) is 54.6 Å². The molecule has 2 heterocycles. The summed E-state index contributed by atoms with van der Waals surface area (Å²) < 4.78 is 34.3. The van der Waals surface area contributed by atoms with Gasteiger partial charge in [-0.2, -0.15) is 0 Å². The molecule has 188 valence electrons. The van der Waals surface area contributed by atoms with Gasteiger partial charge in [-0.3, -0.25) is 9.10 Å². The van der Waals surface area contributed by atoms with Crippen molar-refractivity contribution >= 4 is 27.3 Å². The number of para-hydroxylation sites is 2. The molecule has 0 saturated carbocycles. The Labute approximate surface area is 212 Å². The molecule has 0 aromatic heterocycles. The molecule has 8 heteroatoms. The Morgan fingerprint density at radius 3 is 2.28 bits per heavy atom. The molecule has 0 unspecified atom stereocenters. The quantitative estimate of drug-likeness (QED) is 0.528. The summed E-state index contributed by atoms with van der Waals surface area (Å²) in [5.74, 6) is 0.0928. The number of piperazine rings is 1. The highest BCUT2D eigenvalue weighted by Crippen LogP contribution is 2.36. The smallest absolute Gasteiger partial charge is 0.265 e. The van der Waals surface area contributed by atoms with E-state index in [4.69, 9.17) is 4.74 Å². The topological polar surface area (TPSA) is 70.2 Å². The van der Waals surface area contributed by atoms with Crippen LogP contribution in [0.2, 0.25) is 0 Å². The molecule has 0 N–H and O–H groups in total. The zero-order chi connectivity index (χ0) is 25.3. The van der Waals surface area contributed by atoms with Crippen LogP contribution in [-0.4, -0.2) is 58.1 Å². The molecular formula is C28H31N3O4S. The molecule has 3 aromatic rings. The Morgan fingerprint density at radius 1 is 0.861 bits per heavy atom. The van der Waals surface area contributed by atoms with E-state index in [0.29, 0.717) is 30.1 Å². The number of amides is 1. The van der Waals surface area contributed by atoms with Gasteiger partial charge in [-0.25, -0.2) is 8.42 Å². The van der Waals surface area contributed by atoms with Gasteiger partial charge < -0.3 is 14.5 Å². The highest BCUT2D eigenvalue weighted by molar-refractivity contribution is 7.92. The van der Waals surface area contributed by atoms with Crippen LogP contribution in [-0.2, 0) is 20.6 Å². The van der Waals surface area contributed by atoms with Gasteiger partial charge in [0.05, 0.1) is 18.0 Å². The van der Waals surface area contributed by atoms with Crippen molar-refractivity contribution in [2.24, 2.45) is 0 Å². The van der Waals surface area contributed by atoms with E-state index < -0.39 is 16.1 Å². The molecule has 0 radical (unpaired) electrons. The Morgan fingerprint density at radius 2 is 1.53 bits per heavy atom. The van der Waals surface area contributed by atoms with Crippen LogP contribution in [0.25, 0.3) is 0 Å². The highest BCUT2D eigenvalue weighted by atomic mass is 32.2. The number of nitrogens with zero attached hydrogens (tertiary/aromatic N) is 3. The molecule has 2 aliphatic heterocycles. The van der Waals surface area contributed by atoms with Crippen molar-refractivity contribution < 1.29 is 17.9 Å². The minimum Gasteiger partial charge on any atom is -0.476 e. The fraction of sp³-hybridized carbons (Fsp3) is 0.321. The molecule has 1 saturated heterocycles. The average Bonchev–Trinajstić information content (AvgIpc) is 2.89. The van der Waals surface area contributed by atoms with Gasteiger partial charge in [0, 0.05) is 31.9 Å². The van der Waals surface area contributed by atoms with Crippen molar-refractivity contribution in [1.82, 2.24) is 4.90 Å². The Balaban J connectivity index is 1.32. The molecule has 2 aliphatic rings. The summed E-state index contributed by atoms with van der Waals surface area (Å²) in [5.41, 5.74) is 4.87. The number of carbonyl (C=O) groups excluding carboxylic acids is 1. The standard InChI is InChI=1S/C28H31N3O4S/c1-21-9-8-13-24(22(21)2)29-15-17-30(18-16-29)28(32)27-19-31(25-12-6-7-14-26(25)35-27)36(33,34)20-23-10-4-3-5-11-23/h3-14,27H,15-20H2,1-2H3/t27-/m1/s1. The van der Waals surface area contributed by atoms with E-state index in [1.807, 2.05) is 18.2 Å². The van der Waals surface area contributed by atoms with Gasteiger partial charge >= 0.3 is 0 Å². The largest absolute Gasteiger partial charge is 0.476 e. The lowest BCUT2D eigenvalue weighted by Crippen LogP contribution is -2.56. The maximum atomic E-state index is 13.5. The maximum absolute atomic E-state index is 13.5. The number of hydrogen-bond acceptors (Lipinski definition) is 5. The Kier molecular flexibility index (Phi) is 6.62. The minimum atomic E-state index is -3.73. The summed E-state index contributed by atoms with van der Waals surface area (Å²) in [6.45, 7) is 6.75. The first kappa shape index (κ1) is 24.2. The summed E-state index contributed by atoms with van der Waals surface area (Å²) in [5, 5.41) is 0. The monoisotopic (exact) mass is 505 g/mol. The number of ether oxygens (including phenoxy) is 1. The van der Waals surface area contributed by atoms with Gasteiger partial charge in [0.15, 0.2) is 6.10 Å². The summed E-state index contributed by atoms with van der Waals surface area (Å²) in [4.78, 5) is 17.6. The van der Waals surface area contributed by atoms with Crippen LogP contribution in [0.3, 0.4) is 0 Å². The summed E-state index contributed by atoms with van der Waals surface area (Å²) in [6, 6.07) is 22.4. The predicted molar refractivity (Wildman–Crippen MR) is 142 cm³/mol. The SMILES string of the molecule is Cc1cccc(N2CCN(C(=O)[C@H]3CN(S(=O)(=O)Cc4ccccc4)c4ccccc4O3)CC2)c1C. The van der Waals surface area contributed by atoms with Gasteiger partial charge in [-0.05, 0) is 48.7 Å². The third kappa shape index (κ3) is 4.78. The van der Waals surface area contributed by atoms with Crippen LogP contribution in [0.1, 0.15) is 16.7 Å². The number of anilines is 2. The Bertz CT molecular complexity index is 1350. The van der Waals surface area contributed by atoms with Crippen LogP contribution in [0.15, 0.2) is 72.8 Å². The van der Waals surface area contributed by atoms with Crippen LogP contribution in [0.4, 0.5) is 11.4 Å². The predicted octanol–water partition coefficient (Wildman–Crippen LogP) is 3.75. The molecule has 36 heavy (non-hydrogen) atoms. The second-order valence-electron chi connectivity index (χ2n) is 9.38. The number of benzene rings is 3. The maximum Gasteiger partial charge on any atom is 0.265 e. The van der Waals surface area contributed by atoms with Crippen LogP contribution in [0, 0.1) is 13.8 Å². The zero-order valence-electron chi connectivity index (χ0n) is 20.6. The molecule has 1 atom stereocenters. The molecule has 7 nitrogen and oxygen atoms in total. The lowest BCUT2D eigenvalue weighted by molar-refractivity contribution is -0.138. The fourth-order valence-corrected chi connectivity index (χ4v) is 6.49. The summed E-state index contributed by atoms with van der Waals surface area (Å²) in [6.07, 6.45) is -0.891. The molecule has 1 amide bonds. The number of hydrogen-bond donors (Lipinski definition) is 0. The zero-order valence-corrected chi connectivity index (χ0v) is 21.4. The first-order chi connectivity index (χ1) is 17.3. The molecule has 0 bridgehead atoms. The average molecular weight is 506 g/mol. The van der Waals surface area contributed by atoms with Crippen molar-refractivity contribution in [1.29, 1.82) is 0 Å². The second-order valence-corrected chi connectivity index (χ2v) is 11.3. The van der Waals surface area contributed by atoms with E-state index >= 15 is 0 Å². The van der Waals surface area contributed by atoms with E-state index in [2.05, 4.69) is 36.9 Å². The third-order valence-corrected chi connectivity index (χ3v) is 8.76. The second kappa shape index (κ2) is 9.85. The summed E-state index contributed by atoms with van der Waals surface area (Å²) in [7, 11) is -3.73. The first-order valence-corrected chi connectivity index (χ1v) is 13.8. The van der Waals surface area contributed by atoms with Crippen LogP contribution in [0.5, 0.6) is 5.75 Å². The highest BCUT2D eigenvalue weighted by Gasteiger charge is 2.39. The molecule has 1 fully saturated rings. The van der Waals surface area contributed by atoms with Gasteiger partial charge in [0.25, 0.3) is 5.91 Å². The Hall–Kier alpha value is -3.52. The van der Waals surface area contributed by atoms with Gasteiger partial charge in [0.2, 0.25) is 10.0 Å². The van der Waals surface area contributed by atoms with Crippen LogP contribution >= 0.6 is 0 Å². The normalized spacial score (nSPS) is 17.9. The van der Waals surface area contributed by atoms with Crippen molar-refractivity contribution in [2.75, 3.05) is 41.9 Å². The van der Waals surface area contributed by atoms with Crippen molar-refractivity contribution in [3.63, 3.8) is 0 Å². The van der Waals surface area contributed by atoms with Crippen LogP contribution < -0.4 is 13.9 Å². The molecule has 0 spiro atoms. The number of rotatable bonds is 5. The van der Waals surface area contributed by atoms with Crippen molar-refractivity contribution in [3.8, 4) is 5.75 Å². The lowest BCUT2D eigenvalue weighted by atomic mass is 10.1. The fourth-order valence-electron chi connectivity index (χ4n) is 4.91. The minimum absolute atomic E-state index is 0.0395. The van der Waals surface area contributed by atoms with Gasteiger partial charge in [0.1, 0.15) is 5.75 Å². The van der Waals surface area contributed by atoms with E-state index in [9.17, 15) is 13.2 Å². The first-order valence-electron chi connectivity index (χ1n) is 12.2. The molecule has 0 aliphatic carbocycles. The number of carbonyl (C=O) groups is 1. The van der Waals surface area contributed by atoms with Gasteiger partial charge in [-0.15, -0.1) is 0 Å². The molecule has 5 rings (SSSR count). The molecule has 3 aromatic carbocycles. The summed E-state index contributed by atoms with van der Waals surface area (Å²) >= 11 is 0. The molecular weight excluding hydrogens is 474 g/mol. The number of fused-ring (bicyclic) bond motifs is 1. The lowest BCUT2D eigenvalue weighted by Gasteiger charge is -2.40. The van der Waals surface area contributed by atoms with E-state index in [1.165, 1.54) is 21.1 Å². The van der Waals surface area contributed by atoms with E-state index in [-0.39, 0.29) is 18.2 Å². The number of aryl methyl sites for hydroxylation is 1.